The second-order valence-electron chi connectivity index (χ2n) is 5.34. The molecule has 0 radical (unpaired) electrons. The lowest BCUT2D eigenvalue weighted by molar-refractivity contribution is 0.632. The molecule has 24 heavy (non-hydrogen) atoms. The average molecular weight is 324 g/mol. The average Bonchev–Trinajstić information content (AvgIpc) is 2.58. The number of halogens is 1. The Morgan fingerprint density at radius 3 is 2.42 bits per heavy atom. The second kappa shape index (κ2) is 6.91. The van der Waals surface area contributed by atoms with Crippen LogP contribution in [0.25, 0.3) is 0 Å². The van der Waals surface area contributed by atoms with Crippen molar-refractivity contribution in [3.63, 3.8) is 0 Å². The summed E-state index contributed by atoms with van der Waals surface area (Å²) in [4.78, 5) is 6.30. The highest BCUT2D eigenvalue weighted by Crippen LogP contribution is 2.20. The van der Waals surface area contributed by atoms with Gasteiger partial charge in [-0.3, -0.25) is 0 Å². The first-order valence-electron chi connectivity index (χ1n) is 7.37. The quantitative estimate of drug-likeness (QED) is 0.748. The van der Waals surface area contributed by atoms with Crippen LogP contribution in [0, 0.1) is 5.82 Å². The van der Waals surface area contributed by atoms with Crippen LogP contribution in [0.4, 0.5) is 33.2 Å². The van der Waals surface area contributed by atoms with Crippen molar-refractivity contribution in [2.45, 2.75) is 0 Å². The highest BCUT2D eigenvalue weighted by molar-refractivity contribution is 5.61. The van der Waals surface area contributed by atoms with Crippen molar-refractivity contribution in [1.82, 2.24) is 15.2 Å². The van der Waals surface area contributed by atoms with Crippen LogP contribution in [-0.2, 0) is 0 Å². The van der Waals surface area contributed by atoms with Crippen LogP contribution < -0.4 is 15.5 Å². The SMILES string of the molecule is CN(C)c1ccc(Nc2nncc(Nc3ccccc3F)n2)cc1. The summed E-state index contributed by atoms with van der Waals surface area (Å²) in [6.45, 7) is 0. The van der Waals surface area contributed by atoms with Gasteiger partial charge in [0.15, 0.2) is 5.82 Å². The van der Waals surface area contributed by atoms with Gasteiger partial charge in [-0.2, -0.15) is 10.1 Å². The minimum Gasteiger partial charge on any atom is -0.378 e. The van der Waals surface area contributed by atoms with Crippen molar-refractivity contribution in [1.29, 1.82) is 0 Å². The molecular weight excluding hydrogens is 307 g/mol. The van der Waals surface area contributed by atoms with Gasteiger partial charge in [0, 0.05) is 25.5 Å². The summed E-state index contributed by atoms with van der Waals surface area (Å²) in [5.41, 5.74) is 2.26. The zero-order valence-corrected chi connectivity index (χ0v) is 13.4. The van der Waals surface area contributed by atoms with Gasteiger partial charge in [0.25, 0.3) is 0 Å². The van der Waals surface area contributed by atoms with Gasteiger partial charge in [-0.25, -0.2) is 4.39 Å². The molecule has 7 heteroatoms. The Kier molecular flexibility index (Phi) is 4.51. The van der Waals surface area contributed by atoms with Crippen molar-refractivity contribution in [3.8, 4) is 0 Å². The van der Waals surface area contributed by atoms with Gasteiger partial charge in [-0.15, -0.1) is 5.10 Å². The van der Waals surface area contributed by atoms with Crippen molar-refractivity contribution >= 4 is 28.8 Å². The number of hydrogen-bond donors (Lipinski definition) is 2. The fourth-order valence-electron chi connectivity index (χ4n) is 2.09. The maximum absolute atomic E-state index is 13.7. The molecule has 0 aliphatic rings. The summed E-state index contributed by atoms with van der Waals surface area (Å²) in [7, 11) is 3.96. The van der Waals surface area contributed by atoms with Gasteiger partial charge in [-0.1, -0.05) is 12.1 Å². The van der Waals surface area contributed by atoms with E-state index in [4.69, 9.17) is 0 Å². The number of benzene rings is 2. The van der Waals surface area contributed by atoms with E-state index in [-0.39, 0.29) is 5.82 Å². The molecule has 2 aromatic carbocycles. The molecule has 3 rings (SSSR count). The molecule has 1 heterocycles. The minimum atomic E-state index is -0.357. The minimum absolute atomic E-state index is 0.328. The molecule has 0 fully saturated rings. The number of nitrogens with one attached hydrogen (secondary N) is 2. The van der Waals surface area contributed by atoms with E-state index in [0.717, 1.165) is 11.4 Å². The zero-order chi connectivity index (χ0) is 16.9. The number of aromatic nitrogens is 3. The first-order valence-corrected chi connectivity index (χ1v) is 7.37. The van der Waals surface area contributed by atoms with E-state index in [1.165, 1.54) is 12.3 Å². The number of anilines is 5. The van der Waals surface area contributed by atoms with Crippen LogP contribution in [0.2, 0.25) is 0 Å². The number of para-hydroxylation sites is 1. The Hall–Kier alpha value is -3.22. The third-order valence-corrected chi connectivity index (χ3v) is 3.34. The van der Waals surface area contributed by atoms with E-state index in [2.05, 4.69) is 25.8 Å². The van der Waals surface area contributed by atoms with Gasteiger partial charge in [0.2, 0.25) is 5.95 Å². The third kappa shape index (κ3) is 3.75. The lowest BCUT2D eigenvalue weighted by Gasteiger charge is -2.13. The summed E-state index contributed by atoms with van der Waals surface area (Å²) in [6, 6.07) is 14.2. The smallest absolute Gasteiger partial charge is 0.249 e. The fraction of sp³-hybridized carbons (Fsp3) is 0.118. The Labute approximate surface area is 139 Å². The molecule has 0 saturated heterocycles. The van der Waals surface area contributed by atoms with Gasteiger partial charge in [0.05, 0.1) is 11.9 Å². The van der Waals surface area contributed by atoms with Crippen LogP contribution in [-0.4, -0.2) is 29.3 Å². The Balaban J connectivity index is 1.74. The summed E-state index contributed by atoms with van der Waals surface area (Å²) in [5, 5.41) is 13.8. The molecule has 0 aliphatic heterocycles. The number of rotatable bonds is 5. The number of nitrogens with zero attached hydrogens (tertiary/aromatic N) is 4. The first-order chi connectivity index (χ1) is 11.6. The maximum atomic E-state index is 13.7. The Morgan fingerprint density at radius 2 is 1.71 bits per heavy atom. The molecular formula is C17H17FN6. The predicted molar refractivity (Wildman–Crippen MR) is 93.6 cm³/mol. The van der Waals surface area contributed by atoms with Crippen LogP contribution in [0.3, 0.4) is 0 Å². The summed E-state index contributed by atoms with van der Waals surface area (Å²) in [6.07, 6.45) is 1.44. The van der Waals surface area contributed by atoms with Gasteiger partial charge in [0.1, 0.15) is 5.82 Å². The molecule has 0 bridgehead atoms. The molecule has 1 aromatic heterocycles. The molecule has 6 nitrogen and oxygen atoms in total. The van der Waals surface area contributed by atoms with Crippen molar-refractivity contribution in [2.75, 3.05) is 29.6 Å². The van der Waals surface area contributed by atoms with Crippen molar-refractivity contribution < 1.29 is 4.39 Å². The van der Waals surface area contributed by atoms with Crippen molar-refractivity contribution in [3.05, 3.63) is 60.5 Å². The molecule has 0 unspecified atom stereocenters. The monoisotopic (exact) mass is 324 g/mol. The van der Waals surface area contributed by atoms with Crippen molar-refractivity contribution in [2.24, 2.45) is 0 Å². The van der Waals surface area contributed by atoms with E-state index < -0.39 is 0 Å². The highest BCUT2D eigenvalue weighted by Gasteiger charge is 2.05. The van der Waals surface area contributed by atoms with Gasteiger partial charge in [-0.05, 0) is 36.4 Å². The predicted octanol–water partition coefficient (Wildman–Crippen LogP) is 3.56. The van der Waals surface area contributed by atoms with Gasteiger partial charge >= 0.3 is 0 Å². The maximum Gasteiger partial charge on any atom is 0.249 e. The summed E-state index contributed by atoms with van der Waals surface area (Å²) in [5.74, 6) is 0.376. The lowest BCUT2D eigenvalue weighted by atomic mass is 10.2. The lowest BCUT2D eigenvalue weighted by Crippen LogP contribution is -2.08. The Bertz CT molecular complexity index is 819. The first kappa shape index (κ1) is 15.7. The largest absolute Gasteiger partial charge is 0.378 e. The van der Waals surface area contributed by atoms with Crippen LogP contribution in [0.1, 0.15) is 0 Å². The zero-order valence-electron chi connectivity index (χ0n) is 13.4. The molecule has 122 valence electrons. The van der Waals surface area contributed by atoms with E-state index in [1.54, 1.807) is 18.2 Å². The molecule has 2 N–H and O–H groups in total. The molecule has 0 amide bonds. The Morgan fingerprint density at radius 1 is 0.958 bits per heavy atom. The molecule has 0 saturated carbocycles. The molecule has 0 aliphatic carbocycles. The standard InChI is InChI=1S/C17H17FN6/c1-24(2)13-9-7-12(8-10-13)20-17-22-16(11-19-23-17)21-15-6-4-3-5-14(15)18/h3-11H,1-2H3,(H2,20,21,22,23). The van der Waals surface area contributed by atoms with E-state index >= 15 is 0 Å². The normalized spacial score (nSPS) is 10.3. The van der Waals surface area contributed by atoms with Crippen LogP contribution in [0.5, 0.6) is 0 Å². The van der Waals surface area contributed by atoms with E-state index in [9.17, 15) is 4.39 Å². The highest BCUT2D eigenvalue weighted by atomic mass is 19.1. The molecule has 3 aromatic rings. The van der Waals surface area contributed by atoms with E-state index in [0.29, 0.717) is 17.5 Å². The second-order valence-corrected chi connectivity index (χ2v) is 5.34. The topological polar surface area (TPSA) is 66.0 Å². The van der Waals surface area contributed by atoms with Crippen LogP contribution >= 0.6 is 0 Å². The molecule has 0 atom stereocenters. The van der Waals surface area contributed by atoms with Crippen LogP contribution in [0.15, 0.2) is 54.7 Å². The fourth-order valence-corrected chi connectivity index (χ4v) is 2.09. The number of hydrogen-bond acceptors (Lipinski definition) is 6. The molecule has 0 spiro atoms. The third-order valence-electron chi connectivity index (χ3n) is 3.34. The van der Waals surface area contributed by atoms with Gasteiger partial charge < -0.3 is 15.5 Å². The summed E-state index contributed by atoms with van der Waals surface area (Å²) < 4.78 is 13.7. The summed E-state index contributed by atoms with van der Waals surface area (Å²) >= 11 is 0. The van der Waals surface area contributed by atoms with E-state index in [1.807, 2.05) is 43.3 Å².